The van der Waals surface area contributed by atoms with Crippen molar-refractivity contribution >= 4 is 23.2 Å². The summed E-state index contributed by atoms with van der Waals surface area (Å²) >= 11 is 11.2. The molecule has 1 aliphatic heterocycles. The molecule has 4 heteroatoms. The minimum absolute atomic E-state index is 0.306. The van der Waals surface area contributed by atoms with Gasteiger partial charge in [-0.15, -0.1) is 0 Å². The Hall–Kier alpha value is -0.0800. The number of nitrogens with zero attached hydrogens (tertiary/aromatic N) is 2. The van der Waals surface area contributed by atoms with Gasteiger partial charge < -0.3 is 0 Å². The highest BCUT2D eigenvalue weighted by atomic mass is 35.5. The third-order valence-electron chi connectivity index (χ3n) is 1.05. The zero-order valence-electron chi connectivity index (χ0n) is 4.88. The number of azo groups is 1. The molecule has 1 rings (SSSR count). The summed E-state index contributed by atoms with van der Waals surface area (Å²) < 4.78 is 0. The molecule has 1 heterocycles. The van der Waals surface area contributed by atoms with Crippen molar-refractivity contribution in [1.82, 2.24) is 0 Å². The SMILES string of the molecule is CC1=C[C@@H](Cl)N=N[C@H]1Cl. The molecule has 0 unspecified atom stereocenters. The van der Waals surface area contributed by atoms with Crippen molar-refractivity contribution in [2.75, 3.05) is 0 Å². The second-order valence-corrected chi connectivity index (χ2v) is 2.71. The summed E-state index contributed by atoms with van der Waals surface area (Å²) in [5.74, 6) is 0. The fourth-order valence-electron chi connectivity index (χ4n) is 0.543. The predicted molar refractivity (Wildman–Crippen MR) is 37.9 cm³/mol. The highest BCUT2D eigenvalue weighted by Gasteiger charge is 2.11. The Balaban J connectivity index is 2.70. The molecule has 2 nitrogen and oxygen atoms in total. The maximum atomic E-state index is 5.65. The standard InChI is InChI=1S/C5H6Cl2N2/c1-3-2-4(6)8-9-5(3)7/h2,4-5H,1H3/t4-,5+/m0/s1. The molecule has 0 aliphatic carbocycles. The van der Waals surface area contributed by atoms with Gasteiger partial charge in [-0.25, -0.2) is 0 Å². The van der Waals surface area contributed by atoms with E-state index >= 15 is 0 Å². The van der Waals surface area contributed by atoms with E-state index in [1.807, 2.05) is 6.92 Å². The van der Waals surface area contributed by atoms with Crippen molar-refractivity contribution in [2.24, 2.45) is 10.2 Å². The Morgan fingerprint density at radius 2 is 2.11 bits per heavy atom. The Morgan fingerprint density at radius 1 is 1.44 bits per heavy atom. The van der Waals surface area contributed by atoms with E-state index in [4.69, 9.17) is 23.2 Å². The quantitative estimate of drug-likeness (QED) is 0.299. The van der Waals surface area contributed by atoms with E-state index in [2.05, 4.69) is 10.2 Å². The molecule has 0 fully saturated rings. The highest BCUT2D eigenvalue weighted by molar-refractivity contribution is 6.23. The third kappa shape index (κ3) is 1.66. The van der Waals surface area contributed by atoms with Crippen LogP contribution >= 0.6 is 23.2 Å². The average Bonchev–Trinajstić information content (AvgIpc) is 1.80. The van der Waals surface area contributed by atoms with E-state index < -0.39 is 0 Å². The van der Waals surface area contributed by atoms with Gasteiger partial charge in [0.25, 0.3) is 0 Å². The van der Waals surface area contributed by atoms with Crippen LogP contribution in [-0.4, -0.2) is 11.0 Å². The van der Waals surface area contributed by atoms with Gasteiger partial charge in [0.1, 0.15) is 0 Å². The third-order valence-corrected chi connectivity index (χ3v) is 1.70. The van der Waals surface area contributed by atoms with Gasteiger partial charge in [-0.2, -0.15) is 10.2 Å². The molecule has 0 radical (unpaired) electrons. The van der Waals surface area contributed by atoms with Gasteiger partial charge in [0, 0.05) is 0 Å². The summed E-state index contributed by atoms with van der Waals surface area (Å²) in [5, 5.41) is 7.33. The Bertz CT molecular complexity index is 164. The molecule has 0 aromatic carbocycles. The first kappa shape index (κ1) is 7.03. The molecule has 0 amide bonds. The topological polar surface area (TPSA) is 24.7 Å². The minimum atomic E-state index is -0.319. The second-order valence-electron chi connectivity index (χ2n) is 1.85. The highest BCUT2D eigenvalue weighted by Crippen LogP contribution is 2.19. The van der Waals surface area contributed by atoms with Gasteiger partial charge in [0.05, 0.1) is 0 Å². The summed E-state index contributed by atoms with van der Waals surface area (Å²) in [6.07, 6.45) is 1.78. The van der Waals surface area contributed by atoms with Crippen molar-refractivity contribution in [2.45, 2.75) is 17.9 Å². The number of hydrogen-bond donors (Lipinski definition) is 0. The molecule has 50 valence electrons. The fourth-order valence-corrected chi connectivity index (χ4v) is 0.915. The van der Waals surface area contributed by atoms with Crippen molar-refractivity contribution in [3.8, 4) is 0 Å². The van der Waals surface area contributed by atoms with Gasteiger partial charge in [-0.1, -0.05) is 23.2 Å². The maximum Gasteiger partial charge on any atom is 0.165 e. The van der Waals surface area contributed by atoms with Crippen LogP contribution in [0, 0.1) is 0 Å². The van der Waals surface area contributed by atoms with Crippen LogP contribution in [0.15, 0.2) is 21.9 Å². The van der Waals surface area contributed by atoms with E-state index in [1.165, 1.54) is 0 Å². The van der Waals surface area contributed by atoms with Crippen LogP contribution < -0.4 is 0 Å². The summed E-state index contributed by atoms with van der Waals surface area (Å²) in [7, 11) is 0. The molecule has 2 atom stereocenters. The van der Waals surface area contributed by atoms with Crippen LogP contribution in [0.25, 0.3) is 0 Å². The van der Waals surface area contributed by atoms with Gasteiger partial charge in [0.2, 0.25) is 0 Å². The monoisotopic (exact) mass is 164 g/mol. The lowest BCUT2D eigenvalue weighted by molar-refractivity contribution is 0.820. The Kier molecular flexibility index (Phi) is 2.09. The molecule has 0 spiro atoms. The van der Waals surface area contributed by atoms with Gasteiger partial charge >= 0.3 is 0 Å². The van der Waals surface area contributed by atoms with Crippen molar-refractivity contribution < 1.29 is 0 Å². The van der Waals surface area contributed by atoms with Crippen LogP contribution in [0.5, 0.6) is 0 Å². The molecule has 0 bridgehead atoms. The molecule has 0 aromatic rings. The molecular weight excluding hydrogens is 159 g/mol. The van der Waals surface area contributed by atoms with Gasteiger partial charge in [0.15, 0.2) is 11.0 Å². The maximum absolute atomic E-state index is 5.65. The molecular formula is C5H6Cl2N2. The van der Waals surface area contributed by atoms with E-state index in [-0.39, 0.29) is 11.0 Å². The number of alkyl halides is 2. The average molecular weight is 165 g/mol. The second kappa shape index (κ2) is 2.67. The molecule has 0 saturated heterocycles. The van der Waals surface area contributed by atoms with Crippen molar-refractivity contribution in [3.63, 3.8) is 0 Å². The van der Waals surface area contributed by atoms with E-state index in [0.717, 1.165) is 5.57 Å². The van der Waals surface area contributed by atoms with Crippen LogP contribution in [0.2, 0.25) is 0 Å². The Morgan fingerprint density at radius 3 is 2.56 bits per heavy atom. The number of rotatable bonds is 0. The predicted octanol–water partition coefficient (Wildman–Crippen LogP) is 2.53. The molecule has 0 saturated carbocycles. The van der Waals surface area contributed by atoms with E-state index in [1.54, 1.807) is 6.08 Å². The molecule has 0 aromatic heterocycles. The lowest BCUT2D eigenvalue weighted by Crippen LogP contribution is -2.04. The van der Waals surface area contributed by atoms with Crippen LogP contribution in [0.1, 0.15) is 6.92 Å². The van der Waals surface area contributed by atoms with Crippen molar-refractivity contribution in [3.05, 3.63) is 11.6 Å². The minimum Gasteiger partial charge on any atom is -0.168 e. The van der Waals surface area contributed by atoms with Crippen LogP contribution in [0.3, 0.4) is 0 Å². The molecule has 0 N–H and O–H groups in total. The lowest BCUT2D eigenvalue weighted by Gasteiger charge is -2.09. The van der Waals surface area contributed by atoms with Crippen molar-refractivity contribution in [1.29, 1.82) is 0 Å². The first-order chi connectivity index (χ1) is 4.20. The fraction of sp³-hybridized carbons (Fsp3) is 0.600. The first-order valence-corrected chi connectivity index (χ1v) is 3.44. The molecule has 1 aliphatic rings. The van der Waals surface area contributed by atoms with Gasteiger partial charge in [-0.05, 0) is 18.6 Å². The lowest BCUT2D eigenvalue weighted by atomic mass is 10.3. The summed E-state index contributed by atoms with van der Waals surface area (Å²) in [6.45, 7) is 1.88. The summed E-state index contributed by atoms with van der Waals surface area (Å²) in [6, 6.07) is 0. The number of hydrogen-bond acceptors (Lipinski definition) is 2. The summed E-state index contributed by atoms with van der Waals surface area (Å²) in [5.41, 5.74) is 0.340. The number of halogens is 2. The molecule has 9 heavy (non-hydrogen) atoms. The van der Waals surface area contributed by atoms with Crippen LogP contribution in [-0.2, 0) is 0 Å². The first-order valence-electron chi connectivity index (χ1n) is 2.56. The smallest absolute Gasteiger partial charge is 0.165 e. The normalized spacial score (nSPS) is 34.3. The zero-order valence-corrected chi connectivity index (χ0v) is 6.39. The van der Waals surface area contributed by atoms with E-state index in [0.29, 0.717) is 0 Å². The van der Waals surface area contributed by atoms with Crippen LogP contribution in [0.4, 0.5) is 0 Å². The zero-order chi connectivity index (χ0) is 6.85. The Labute approximate surface area is 63.6 Å². The largest absolute Gasteiger partial charge is 0.168 e. The summed E-state index contributed by atoms with van der Waals surface area (Å²) in [4.78, 5) is 0. The van der Waals surface area contributed by atoms with Gasteiger partial charge in [-0.3, -0.25) is 0 Å². The van der Waals surface area contributed by atoms with E-state index in [9.17, 15) is 0 Å².